The van der Waals surface area contributed by atoms with Crippen molar-refractivity contribution in [3.63, 3.8) is 0 Å². The first-order valence-electron chi connectivity index (χ1n) is 8.55. The summed E-state index contributed by atoms with van der Waals surface area (Å²) in [7, 11) is 0. The molecule has 1 saturated heterocycles. The van der Waals surface area contributed by atoms with Crippen molar-refractivity contribution in [2.45, 2.75) is 19.0 Å². The number of thiocarbonyl (C=S) groups is 1. The van der Waals surface area contributed by atoms with Crippen LogP contribution < -0.4 is 15.0 Å². The Balaban J connectivity index is 1.73. The molecule has 0 saturated carbocycles. The maximum Gasteiger partial charge on any atom is 0.174 e. The highest BCUT2D eigenvalue weighted by atomic mass is 32.1. The van der Waals surface area contributed by atoms with Crippen LogP contribution in [0.4, 0.5) is 5.69 Å². The van der Waals surface area contributed by atoms with Crippen molar-refractivity contribution in [2.75, 3.05) is 11.5 Å². The number of rotatable bonds is 5. The molecule has 1 aliphatic rings. The fourth-order valence-corrected chi connectivity index (χ4v) is 3.60. The van der Waals surface area contributed by atoms with Gasteiger partial charge in [-0.25, -0.2) is 0 Å². The minimum Gasteiger partial charge on any atom is -0.494 e. The minimum absolute atomic E-state index is 0.0959. The van der Waals surface area contributed by atoms with Crippen LogP contribution in [0.15, 0.2) is 71.5 Å². The molecule has 26 heavy (non-hydrogen) atoms. The van der Waals surface area contributed by atoms with Crippen LogP contribution in [0.2, 0.25) is 0 Å². The Morgan fingerprint density at radius 1 is 1.15 bits per heavy atom. The number of nitrogens with zero attached hydrogens (tertiary/aromatic N) is 2. The number of nitrogens with one attached hydrogen (secondary N) is 1. The van der Waals surface area contributed by atoms with Crippen molar-refractivity contribution in [1.29, 1.82) is 0 Å². The average molecular weight is 365 g/mol. The van der Waals surface area contributed by atoms with E-state index in [9.17, 15) is 0 Å². The van der Waals surface area contributed by atoms with Gasteiger partial charge in [-0.1, -0.05) is 6.07 Å². The zero-order chi connectivity index (χ0) is 17.9. The zero-order valence-electron chi connectivity index (χ0n) is 14.3. The monoisotopic (exact) mass is 365 g/mol. The standard InChI is InChI=1S/C20H19N3O2S/c1-2-24-15-10-8-14(9-11-15)23-19(17-7-5-13-25-17)18(22-20(23)26)16-6-3-4-12-21-16/h3-13,18-19H,2H2,1H3,(H,22,26)/t18-,19+/m0/s1. The van der Waals surface area contributed by atoms with Crippen molar-refractivity contribution in [3.05, 3.63) is 78.5 Å². The van der Waals surface area contributed by atoms with E-state index in [0.29, 0.717) is 11.7 Å². The second-order valence-corrected chi connectivity index (χ2v) is 6.33. The summed E-state index contributed by atoms with van der Waals surface area (Å²) in [6.07, 6.45) is 3.47. The highest BCUT2D eigenvalue weighted by Gasteiger charge is 2.42. The first-order valence-corrected chi connectivity index (χ1v) is 8.95. The number of anilines is 1. The normalized spacial score (nSPS) is 19.4. The minimum atomic E-state index is -0.120. The highest BCUT2D eigenvalue weighted by Crippen LogP contribution is 2.41. The van der Waals surface area contributed by atoms with Gasteiger partial charge in [0.25, 0.3) is 0 Å². The fraction of sp³-hybridized carbons (Fsp3) is 0.200. The first-order chi connectivity index (χ1) is 12.8. The van der Waals surface area contributed by atoms with Crippen LogP contribution >= 0.6 is 12.2 Å². The van der Waals surface area contributed by atoms with Crippen LogP contribution in [-0.4, -0.2) is 16.7 Å². The molecule has 0 aliphatic carbocycles. The lowest BCUT2D eigenvalue weighted by Gasteiger charge is -2.26. The number of ether oxygens (including phenoxy) is 1. The molecule has 1 aliphatic heterocycles. The quantitative estimate of drug-likeness (QED) is 0.682. The summed E-state index contributed by atoms with van der Waals surface area (Å²) in [5, 5.41) is 4.05. The van der Waals surface area contributed by atoms with E-state index in [1.807, 2.05) is 61.5 Å². The van der Waals surface area contributed by atoms with Gasteiger partial charge in [0.1, 0.15) is 17.6 Å². The maximum atomic E-state index is 5.74. The van der Waals surface area contributed by atoms with Gasteiger partial charge >= 0.3 is 0 Å². The number of hydrogen-bond donors (Lipinski definition) is 1. The predicted octanol–water partition coefficient (Wildman–Crippen LogP) is 4.25. The van der Waals surface area contributed by atoms with Crippen LogP contribution in [0.25, 0.3) is 0 Å². The van der Waals surface area contributed by atoms with Gasteiger partial charge in [-0.05, 0) is 67.7 Å². The van der Waals surface area contributed by atoms with Crippen molar-refractivity contribution >= 4 is 23.0 Å². The first kappa shape index (κ1) is 16.6. The summed E-state index contributed by atoms with van der Waals surface area (Å²) < 4.78 is 11.3. The summed E-state index contributed by atoms with van der Waals surface area (Å²) in [6.45, 7) is 2.61. The lowest BCUT2D eigenvalue weighted by molar-refractivity contribution is 0.340. The highest BCUT2D eigenvalue weighted by molar-refractivity contribution is 7.80. The molecule has 0 spiro atoms. The molecule has 0 amide bonds. The van der Waals surface area contributed by atoms with Gasteiger partial charge in [0.05, 0.1) is 24.6 Å². The fourth-order valence-electron chi connectivity index (χ4n) is 3.25. The van der Waals surface area contributed by atoms with Crippen LogP contribution in [0.1, 0.15) is 30.5 Å². The molecule has 5 nitrogen and oxygen atoms in total. The van der Waals surface area contributed by atoms with Gasteiger partial charge in [-0.3, -0.25) is 4.98 Å². The summed E-state index contributed by atoms with van der Waals surface area (Å²) >= 11 is 5.65. The molecule has 4 rings (SSSR count). The van der Waals surface area contributed by atoms with Crippen LogP contribution in [0.3, 0.4) is 0 Å². The summed E-state index contributed by atoms with van der Waals surface area (Å²) in [5.74, 6) is 1.67. The van der Waals surface area contributed by atoms with Gasteiger partial charge < -0.3 is 19.4 Å². The molecule has 0 unspecified atom stereocenters. The third-order valence-corrected chi connectivity index (χ3v) is 4.67. The zero-order valence-corrected chi connectivity index (χ0v) is 15.1. The Bertz CT molecular complexity index is 866. The molecular formula is C20H19N3O2S. The molecule has 0 radical (unpaired) electrons. The molecule has 1 N–H and O–H groups in total. The third kappa shape index (κ3) is 3.04. The van der Waals surface area contributed by atoms with Gasteiger partial charge in [0.15, 0.2) is 5.11 Å². The van der Waals surface area contributed by atoms with Gasteiger partial charge in [-0.15, -0.1) is 0 Å². The van der Waals surface area contributed by atoms with Crippen LogP contribution in [0.5, 0.6) is 5.75 Å². The molecule has 2 atom stereocenters. The van der Waals surface area contributed by atoms with E-state index in [0.717, 1.165) is 22.9 Å². The molecule has 6 heteroatoms. The topological polar surface area (TPSA) is 50.5 Å². The Morgan fingerprint density at radius 3 is 2.65 bits per heavy atom. The summed E-state index contributed by atoms with van der Waals surface area (Å²) in [6, 6.07) is 17.5. The molecule has 1 fully saturated rings. The Morgan fingerprint density at radius 2 is 2.00 bits per heavy atom. The number of benzene rings is 1. The molecule has 2 aromatic heterocycles. The molecule has 1 aromatic carbocycles. The average Bonchev–Trinajstić information content (AvgIpc) is 3.31. The van der Waals surface area contributed by atoms with Gasteiger partial charge in [0, 0.05) is 11.9 Å². The largest absolute Gasteiger partial charge is 0.494 e. The third-order valence-electron chi connectivity index (χ3n) is 4.36. The number of aromatic nitrogens is 1. The lowest BCUT2D eigenvalue weighted by Crippen LogP contribution is -2.29. The number of furan rings is 1. The van der Waals surface area contributed by atoms with Gasteiger partial charge in [0.2, 0.25) is 0 Å². The Hall–Kier alpha value is -2.86. The number of hydrogen-bond acceptors (Lipinski definition) is 4. The second-order valence-electron chi connectivity index (χ2n) is 5.94. The van der Waals surface area contributed by atoms with E-state index >= 15 is 0 Å². The van der Waals surface area contributed by atoms with Crippen molar-refractivity contribution in [2.24, 2.45) is 0 Å². The maximum absolute atomic E-state index is 5.74. The van der Waals surface area contributed by atoms with E-state index < -0.39 is 0 Å². The SMILES string of the molecule is CCOc1ccc(N2C(=S)N[C@@H](c3ccccn3)[C@H]2c2ccco2)cc1. The van der Waals surface area contributed by atoms with E-state index in [-0.39, 0.29) is 12.1 Å². The van der Waals surface area contributed by atoms with E-state index in [4.69, 9.17) is 21.4 Å². The molecule has 0 bridgehead atoms. The smallest absolute Gasteiger partial charge is 0.174 e. The van der Waals surface area contributed by atoms with E-state index in [1.165, 1.54) is 0 Å². The molecule has 3 heterocycles. The van der Waals surface area contributed by atoms with Crippen LogP contribution in [0, 0.1) is 0 Å². The Labute approximate surface area is 157 Å². The van der Waals surface area contributed by atoms with E-state index in [2.05, 4.69) is 15.2 Å². The van der Waals surface area contributed by atoms with E-state index in [1.54, 1.807) is 12.5 Å². The summed E-state index contributed by atoms with van der Waals surface area (Å²) in [4.78, 5) is 6.58. The van der Waals surface area contributed by atoms with Gasteiger partial charge in [-0.2, -0.15) is 0 Å². The van der Waals surface area contributed by atoms with Crippen molar-refractivity contribution in [1.82, 2.24) is 10.3 Å². The van der Waals surface area contributed by atoms with Crippen molar-refractivity contribution in [3.8, 4) is 5.75 Å². The lowest BCUT2D eigenvalue weighted by atomic mass is 10.0. The van der Waals surface area contributed by atoms with Crippen LogP contribution in [-0.2, 0) is 0 Å². The second kappa shape index (κ2) is 7.17. The van der Waals surface area contributed by atoms with Crippen molar-refractivity contribution < 1.29 is 9.15 Å². The predicted molar refractivity (Wildman–Crippen MR) is 104 cm³/mol. The Kier molecular flexibility index (Phi) is 4.58. The molecule has 132 valence electrons. The molecule has 3 aromatic rings. The molecular weight excluding hydrogens is 346 g/mol. The number of pyridine rings is 1. The summed E-state index contributed by atoms with van der Waals surface area (Å²) in [5.41, 5.74) is 1.90.